The maximum atomic E-state index is 9.55. The van der Waals surface area contributed by atoms with Gasteiger partial charge in [0.05, 0.1) is 10.5 Å². The topological polar surface area (TPSA) is 111 Å². The predicted molar refractivity (Wildman–Crippen MR) is 116 cm³/mol. The Bertz CT molecular complexity index is 954. The van der Waals surface area contributed by atoms with E-state index in [9.17, 15) is 14.9 Å². The fraction of sp³-hybridized carbons (Fsp3) is 0.190. The molecule has 2 rings (SSSR count). The van der Waals surface area contributed by atoms with Crippen LogP contribution in [0.15, 0.2) is 53.4 Å². The van der Waals surface area contributed by atoms with E-state index in [4.69, 9.17) is 26.6 Å². The van der Waals surface area contributed by atoms with Crippen molar-refractivity contribution in [2.45, 2.75) is 11.4 Å². The Kier molecular flexibility index (Phi) is 10.5. The lowest BCUT2D eigenvalue weighted by Gasteiger charge is -2.17. The van der Waals surface area contributed by atoms with E-state index in [0.29, 0.717) is 28.5 Å². The number of carboxylic acid groups (broad SMARTS) is 2. The first-order chi connectivity index (χ1) is 14.2. The summed E-state index contributed by atoms with van der Waals surface area (Å²) in [6, 6.07) is 13.1. The first kappa shape index (κ1) is 25.0. The molecule has 0 atom stereocenters. The number of rotatable bonds is 7. The monoisotopic (exact) mass is 448 g/mol. The summed E-state index contributed by atoms with van der Waals surface area (Å²) < 4.78 is 5.98. The van der Waals surface area contributed by atoms with Crippen molar-refractivity contribution in [3.8, 4) is 17.6 Å². The van der Waals surface area contributed by atoms with Crippen LogP contribution in [0.5, 0.6) is 11.5 Å². The first-order valence-electron chi connectivity index (χ1n) is 8.50. The second-order valence-electron chi connectivity index (χ2n) is 6.05. The van der Waals surface area contributed by atoms with Crippen molar-refractivity contribution in [2.75, 3.05) is 20.4 Å². The normalized spacial score (nSPS) is 10.3. The van der Waals surface area contributed by atoms with Crippen molar-refractivity contribution in [1.82, 2.24) is 4.90 Å². The standard InChI is InChI=1S/C17H17ClN2OS.C4H4O4/c1-20(2)11-13-5-4-6-15(17(13)22-3)21-16-9-14(18)8-7-12(16)10-19;5-3(6)1-2-4(7)8/h4-9H,11H2,1-3H3;1-2H,(H,5,6)(H,7,8)/b;2-1+. The van der Waals surface area contributed by atoms with Crippen LogP contribution in [-0.4, -0.2) is 47.4 Å². The van der Waals surface area contributed by atoms with Crippen LogP contribution in [-0.2, 0) is 16.1 Å². The lowest BCUT2D eigenvalue weighted by Crippen LogP contribution is -2.11. The summed E-state index contributed by atoms with van der Waals surface area (Å²) >= 11 is 7.65. The number of halogens is 1. The van der Waals surface area contributed by atoms with Gasteiger partial charge in [0.2, 0.25) is 0 Å². The summed E-state index contributed by atoms with van der Waals surface area (Å²) in [5.74, 6) is -1.29. The number of carboxylic acids is 2. The van der Waals surface area contributed by atoms with E-state index in [1.165, 1.54) is 5.56 Å². The summed E-state index contributed by atoms with van der Waals surface area (Å²) in [5.41, 5.74) is 1.66. The largest absolute Gasteiger partial charge is 0.478 e. The molecule has 0 aliphatic carbocycles. The molecule has 0 aliphatic rings. The zero-order valence-corrected chi connectivity index (χ0v) is 18.2. The summed E-state index contributed by atoms with van der Waals surface area (Å²) in [4.78, 5) is 22.3. The van der Waals surface area contributed by atoms with Gasteiger partial charge < -0.3 is 19.8 Å². The fourth-order valence-electron chi connectivity index (χ4n) is 2.27. The van der Waals surface area contributed by atoms with Crippen LogP contribution in [0.4, 0.5) is 0 Å². The molecule has 9 heteroatoms. The Balaban J connectivity index is 0.000000479. The Morgan fingerprint density at radius 1 is 1.17 bits per heavy atom. The van der Waals surface area contributed by atoms with E-state index in [-0.39, 0.29) is 0 Å². The lowest BCUT2D eigenvalue weighted by molar-refractivity contribution is -0.134. The zero-order valence-electron chi connectivity index (χ0n) is 16.6. The Morgan fingerprint density at radius 2 is 1.80 bits per heavy atom. The maximum Gasteiger partial charge on any atom is 0.328 e. The van der Waals surface area contributed by atoms with Crippen LogP contribution < -0.4 is 4.74 Å². The molecule has 0 aromatic heterocycles. The molecule has 0 heterocycles. The third kappa shape index (κ3) is 8.57. The molecule has 0 bridgehead atoms. The zero-order chi connectivity index (χ0) is 22.7. The highest BCUT2D eigenvalue weighted by Gasteiger charge is 2.12. The minimum absolute atomic E-state index is 0.467. The highest BCUT2D eigenvalue weighted by molar-refractivity contribution is 7.98. The molecule has 0 fully saturated rings. The predicted octanol–water partition coefficient (Wildman–Crippen LogP) is 4.50. The van der Waals surface area contributed by atoms with Gasteiger partial charge in [0.15, 0.2) is 0 Å². The van der Waals surface area contributed by atoms with Gasteiger partial charge in [-0.2, -0.15) is 5.26 Å². The number of hydrogen-bond acceptors (Lipinski definition) is 6. The molecule has 0 saturated heterocycles. The molecule has 0 amide bonds. The first-order valence-corrected chi connectivity index (χ1v) is 10.1. The summed E-state index contributed by atoms with van der Waals surface area (Å²) in [6.45, 7) is 0.827. The van der Waals surface area contributed by atoms with Gasteiger partial charge in [-0.05, 0) is 44.1 Å². The van der Waals surface area contributed by atoms with Crippen LogP contribution in [0.1, 0.15) is 11.1 Å². The van der Waals surface area contributed by atoms with Gasteiger partial charge in [0.1, 0.15) is 17.6 Å². The van der Waals surface area contributed by atoms with Gasteiger partial charge in [-0.3, -0.25) is 0 Å². The second kappa shape index (κ2) is 12.5. The van der Waals surface area contributed by atoms with E-state index >= 15 is 0 Å². The Labute approximate surface area is 184 Å². The van der Waals surface area contributed by atoms with Crippen molar-refractivity contribution in [2.24, 2.45) is 0 Å². The highest BCUT2D eigenvalue weighted by Crippen LogP contribution is 2.36. The van der Waals surface area contributed by atoms with Gasteiger partial charge in [-0.15, -0.1) is 11.8 Å². The van der Waals surface area contributed by atoms with E-state index in [1.54, 1.807) is 30.0 Å². The third-order valence-electron chi connectivity index (χ3n) is 3.40. The van der Waals surface area contributed by atoms with Crippen LogP contribution in [0.2, 0.25) is 5.02 Å². The average molecular weight is 449 g/mol. The molecule has 2 aromatic carbocycles. The molecule has 0 unspecified atom stereocenters. The van der Waals surface area contributed by atoms with Crippen LogP contribution in [0, 0.1) is 11.3 Å². The van der Waals surface area contributed by atoms with Gasteiger partial charge in [-0.1, -0.05) is 23.7 Å². The average Bonchev–Trinajstić information content (AvgIpc) is 2.67. The maximum absolute atomic E-state index is 9.55. The summed E-state index contributed by atoms with van der Waals surface area (Å²) in [6.07, 6.45) is 3.13. The molecule has 30 heavy (non-hydrogen) atoms. The number of nitriles is 1. The summed E-state index contributed by atoms with van der Waals surface area (Å²) in [7, 11) is 4.06. The van der Waals surface area contributed by atoms with E-state index in [1.807, 2.05) is 32.5 Å². The van der Waals surface area contributed by atoms with Crippen LogP contribution in [0.3, 0.4) is 0 Å². The molecule has 0 aliphatic heterocycles. The lowest BCUT2D eigenvalue weighted by atomic mass is 10.2. The Morgan fingerprint density at radius 3 is 2.30 bits per heavy atom. The Hall–Kier alpha value is -2.99. The van der Waals surface area contributed by atoms with Crippen LogP contribution >= 0.6 is 23.4 Å². The number of hydrogen-bond donors (Lipinski definition) is 2. The number of nitrogens with zero attached hydrogens (tertiary/aromatic N) is 2. The minimum atomic E-state index is -1.26. The number of aliphatic carboxylic acids is 2. The highest BCUT2D eigenvalue weighted by atomic mass is 35.5. The van der Waals surface area contributed by atoms with Gasteiger partial charge >= 0.3 is 11.9 Å². The van der Waals surface area contributed by atoms with Crippen LogP contribution in [0.25, 0.3) is 0 Å². The summed E-state index contributed by atoms with van der Waals surface area (Å²) in [5, 5.41) is 25.4. The smallest absolute Gasteiger partial charge is 0.328 e. The number of benzene rings is 2. The van der Waals surface area contributed by atoms with Gasteiger partial charge in [0.25, 0.3) is 0 Å². The number of carbonyl (C=O) groups is 2. The van der Waals surface area contributed by atoms with Crippen molar-refractivity contribution >= 4 is 35.3 Å². The van der Waals surface area contributed by atoms with Crippen molar-refractivity contribution in [3.63, 3.8) is 0 Å². The fourth-order valence-corrected chi connectivity index (χ4v) is 3.14. The van der Waals surface area contributed by atoms with E-state index in [0.717, 1.165) is 17.2 Å². The quantitative estimate of drug-likeness (QED) is 0.470. The minimum Gasteiger partial charge on any atom is -0.478 e. The van der Waals surface area contributed by atoms with Crippen molar-refractivity contribution < 1.29 is 24.5 Å². The van der Waals surface area contributed by atoms with Crippen molar-refractivity contribution in [1.29, 1.82) is 5.26 Å². The second-order valence-corrected chi connectivity index (χ2v) is 7.30. The van der Waals surface area contributed by atoms with Gasteiger partial charge in [-0.25, -0.2) is 9.59 Å². The molecule has 0 radical (unpaired) electrons. The SMILES string of the molecule is CSc1c(CN(C)C)cccc1Oc1cc(Cl)ccc1C#N.O=C(O)/C=C/C(=O)O. The molecule has 7 nitrogen and oxygen atoms in total. The van der Waals surface area contributed by atoms with Crippen molar-refractivity contribution in [3.05, 3.63) is 64.7 Å². The molecule has 2 aromatic rings. The molecular weight excluding hydrogens is 428 g/mol. The molecular formula is C21H21ClN2O5S. The molecule has 158 valence electrons. The molecule has 2 N–H and O–H groups in total. The van der Waals surface area contributed by atoms with E-state index in [2.05, 4.69) is 17.0 Å². The van der Waals surface area contributed by atoms with Gasteiger partial charge in [0, 0.05) is 29.8 Å². The third-order valence-corrected chi connectivity index (χ3v) is 4.51. The number of thioether (sulfide) groups is 1. The molecule has 0 saturated carbocycles. The molecule has 0 spiro atoms. The van der Waals surface area contributed by atoms with E-state index < -0.39 is 11.9 Å². The number of ether oxygens (including phenoxy) is 1.